The highest BCUT2D eigenvalue weighted by Gasteiger charge is 2.24. The predicted octanol–water partition coefficient (Wildman–Crippen LogP) is 0.192. The third-order valence-corrected chi connectivity index (χ3v) is 2.42. The van der Waals surface area contributed by atoms with E-state index in [-0.39, 0.29) is 0 Å². The molecule has 0 spiro atoms. The fraction of sp³-hybridized carbons (Fsp3) is 0.875. The molecular weight excluding hydrogens is 138 g/mol. The minimum atomic E-state index is 0.395. The van der Waals surface area contributed by atoms with Crippen LogP contribution >= 0.6 is 0 Å². The summed E-state index contributed by atoms with van der Waals surface area (Å²) in [6.45, 7) is 4.25. The highest BCUT2D eigenvalue weighted by atomic mass is 15.2. The van der Waals surface area contributed by atoms with E-state index in [1.54, 1.807) is 0 Å². The lowest BCUT2D eigenvalue weighted by Crippen LogP contribution is -2.57. The zero-order valence-corrected chi connectivity index (χ0v) is 7.17. The van der Waals surface area contributed by atoms with E-state index in [0.717, 1.165) is 13.1 Å². The third-order valence-electron chi connectivity index (χ3n) is 2.42. The first kappa shape index (κ1) is 8.51. The van der Waals surface area contributed by atoms with E-state index in [1.165, 1.54) is 0 Å². The molecule has 3 nitrogen and oxygen atoms in total. The average molecular weight is 153 g/mol. The molecule has 1 rings (SSSR count). The highest BCUT2D eigenvalue weighted by molar-refractivity contribution is 4.88. The van der Waals surface area contributed by atoms with Crippen LogP contribution in [-0.4, -0.2) is 37.1 Å². The van der Waals surface area contributed by atoms with Crippen molar-refractivity contribution in [3.05, 3.63) is 0 Å². The summed E-state index contributed by atoms with van der Waals surface area (Å²) in [7, 11) is 2.09. The van der Waals surface area contributed by atoms with Crippen molar-refractivity contribution in [2.45, 2.75) is 25.4 Å². The lowest BCUT2D eigenvalue weighted by molar-refractivity contribution is 0.138. The number of hydrogen-bond donors (Lipinski definition) is 1. The molecule has 1 fully saturated rings. The van der Waals surface area contributed by atoms with Crippen molar-refractivity contribution in [3.63, 3.8) is 0 Å². The maximum absolute atomic E-state index is 8.47. The van der Waals surface area contributed by atoms with Gasteiger partial charge in [-0.2, -0.15) is 5.26 Å². The van der Waals surface area contributed by atoms with Crippen molar-refractivity contribution < 1.29 is 0 Å². The molecule has 1 aliphatic rings. The first-order chi connectivity index (χ1) is 5.25. The van der Waals surface area contributed by atoms with Crippen LogP contribution in [0.15, 0.2) is 0 Å². The van der Waals surface area contributed by atoms with Crippen LogP contribution in [0.3, 0.4) is 0 Å². The first-order valence-corrected chi connectivity index (χ1v) is 4.05. The van der Waals surface area contributed by atoms with Gasteiger partial charge in [0.15, 0.2) is 0 Å². The van der Waals surface area contributed by atoms with Gasteiger partial charge in [-0.05, 0) is 14.0 Å². The van der Waals surface area contributed by atoms with Gasteiger partial charge < -0.3 is 5.32 Å². The van der Waals surface area contributed by atoms with Gasteiger partial charge in [-0.25, -0.2) is 0 Å². The first-order valence-electron chi connectivity index (χ1n) is 4.05. The maximum atomic E-state index is 8.47. The fourth-order valence-electron chi connectivity index (χ4n) is 1.20. The number of nitriles is 1. The van der Waals surface area contributed by atoms with E-state index >= 15 is 0 Å². The molecule has 3 heteroatoms. The van der Waals surface area contributed by atoms with Gasteiger partial charge in [0, 0.05) is 25.2 Å². The summed E-state index contributed by atoms with van der Waals surface area (Å²) >= 11 is 0. The molecule has 0 aromatic carbocycles. The van der Waals surface area contributed by atoms with Crippen LogP contribution in [0.2, 0.25) is 0 Å². The van der Waals surface area contributed by atoms with E-state index in [1.807, 2.05) is 0 Å². The van der Waals surface area contributed by atoms with E-state index < -0.39 is 0 Å². The van der Waals surface area contributed by atoms with Crippen LogP contribution in [0.25, 0.3) is 0 Å². The molecule has 1 atom stereocenters. The molecular formula is C8H15N3. The number of hydrogen-bond acceptors (Lipinski definition) is 3. The Hall–Kier alpha value is -0.590. The van der Waals surface area contributed by atoms with Gasteiger partial charge in [0.05, 0.1) is 12.5 Å². The molecule has 0 aliphatic carbocycles. The minimum Gasteiger partial charge on any atom is -0.314 e. The van der Waals surface area contributed by atoms with Crippen molar-refractivity contribution >= 4 is 0 Å². The van der Waals surface area contributed by atoms with Crippen molar-refractivity contribution in [2.75, 3.05) is 20.1 Å². The zero-order chi connectivity index (χ0) is 8.27. The van der Waals surface area contributed by atoms with Gasteiger partial charge in [-0.1, -0.05) is 0 Å². The Balaban J connectivity index is 2.27. The van der Waals surface area contributed by atoms with Gasteiger partial charge >= 0.3 is 0 Å². The summed E-state index contributed by atoms with van der Waals surface area (Å²) < 4.78 is 0. The SMILES string of the molecule is CC(CC#N)N(C)C1CNC1. The molecule has 1 N–H and O–H groups in total. The Morgan fingerprint density at radius 3 is 2.73 bits per heavy atom. The molecule has 0 aromatic rings. The molecule has 0 amide bonds. The lowest BCUT2D eigenvalue weighted by atomic mass is 10.1. The number of rotatable bonds is 3. The average Bonchev–Trinajstić information content (AvgIpc) is 1.84. The molecule has 11 heavy (non-hydrogen) atoms. The quantitative estimate of drug-likeness (QED) is 0.629. The predicted molar refractivity (Wildman–Crippen MR) is 44.1 cm³/mol. The summed E-state index contributed by atoms with van der Waals surface area (Å²) in [5.41, 5.74) is 0. The molecule has 62 valence electrons. The van der Waals surface area contributed by atoms with E-state index in [4.69, 9.17) is 5.26 Å². The third kappa shape index (κ3) is 1.92. The largest absolute Gasteiger partial charge is 0.314 e. The van der Waals surface area contributed by atoms with Crippen LogP contribution in [0.1, 0.15) is 13.3 Å². The number of nitrogens with one attached hydrogen (secondary N) is 1. The Bertz CT molecular complexity index is 157. The van der Waals surface area contributed by atoms with Gasteiger partial charge in [-0.15, -0.1) is 0 Å². The lowest BCUT2D eigenvalue weighted by Gasteiger charge is -2.38. The summed E-state index contributed by atoms with van der Waals surface area (Å²) in [6, 6.07) is 3.24. The second kappa shape index (κ2) is 3.70. The molecule has 0 bridgehead atoms. The summed E-state index contributed by atoms with van der Waals surface area (Å²) in [5.74, 6) is 0. The molecule has 0 radical (unpaired) electrons. The van der Waals surface area contributed by atoms with Gasteiger partial charge in [0.25, 0.3) is 0 Å². The fourth-order valence-corrected chi connectivity index (χ4v) is 1.20. The van der Waals surface area contributed by atoms with Gasteiger partial charge in [0.2, 0.25) is 0 Å². The zero-order valence-electron chi connectivity index (χ0n) is 7.17. The second-order valence-electron chi connectivity index (χ2n) is 3.19. The Morgan fingerprint density at radius 2 is 2.36 bits per heavy atom. The van der Waals surface area contributed by atoms with Gasteiger partial charge in [-0.3, -0.25) is 4.90 Å². The Labute approximate surface area is 68.0 Å². The van der Waals surface area contributed by atoms with Crippen LogP contribution in [0.4, 0.5) is 0 Å². The topological polar surface area (TPSA) is 39.1 Å². The van der Waals surface area contributed by atoms with Crippen LogP contribution < -0.4 is 5.32 Å². The van der Waals surface area contributed by atoms with Crippen molar-refractivity contribution in [1.82, 2.24) is 10.2 Å². The van der Waals surface area contributed by atoms with Crippen molar-refractivity contribution in [1.29, 1.82) is 5.26 Å². The smallest absolute Gasteiger partial charge is 0.0638 e. The summed E-state index contributed by atoms with van der Waals surface area (Å²) in [4.78, 5) is 2.28. The number of nitrogens with zero attached hydrogens (tertiary/aromatic N) is 2. The van der Waals surface area contributed by atoms with Crippen LogP contribution in [0, 0.1) is 11.3 Å². The van der Waals surface area contributed by atoms with Gasteiger partial charge in [0.1, 0.15) is 0 Å². The van der Waals surface area contributed by atoms with Crippen LogP contribution in [-0.2, 0) is 0 Å². The van der Waals surface area contributed by atoms with Crippen LogP contribution in [0.5, 0.6) is 0 Å². The number of likely N-dealkylation sites (N-methyl/N-ethyl adjacent to an activating group) is 1. The normalized spacial score (nSPS) is 20.9. The van der Waals surface area contributed by atoms with Crippen molar-refractivity contribution in [3.8, 4) is 6.07 Å². The molecule has 1 aliphatic heterocycles. The van der Waals surface area contributed by atoms with E-state index in [9.17, 15) is 0 Å². The summed E-state index contributed by atoms with van der Waals surface area (Å²) in [6.07, 6.45) is 0.632. The maximum Gasteiger partial charge on any atom is 0.0638 e. The minimum absolute atomic E-state index is 0.395. The van der Waals surface area contributed by atoms with E-state index in [0.29, 0.717) is 18.5 Å². The molecule has 1 saturated heterocycles. The Morgan fingerprint density at radius 1 is 1.73 bits per heavy atom. The van der Waals surface area contributed by atoms with Crippen molar-refractivity contribution in [2.24, 2.45) is 0 Å². The standard InChI is InChI=1S/C8H15N3/c1-7(3-4-9)11(2)8-5-10-6-8/h7-8,10H,3,5-6H2,1-2H3. The molecule has 1 unspecified atom stereocenters. The molecule has 0 aromatic heterocycles. The Kier molecular flexibility index (Phi) is 2.86. The highest BCUT2D eigenvalue weighted by Crippen LogP contribution is 2.08. The summed E-state index contributed by atoms with van der Waals surface area (Å²) in [5, 5.41) is 11.7. The molecule has 0 saturated carbocycles. The van der Waals surface area contributed by atoms with E-state index in [2.05, 4.69) is 30.3 Å². The second-order valence-corrected chi connectivity index (χ2v) is 3.19. The monoisotopic (exact) mass is 153 g/mol. The molecule has 1 heterocycles.